The minimum Gasteiger partial charge on any atom is -0.366 e. The minimum atomic E-state index is -0.0259. The fraction of sp³-hybridized carbons (Fsp3) is 0.737. The van der Waals surface area contributed by atoms with Crippen LogP contribution in [-0.2, 0) is 0 Å². The van der Waals surface area contributed by atoms with Crippen LogP contribution in [0.4, 0.5) is 5.82 Å². The van der Waals surface area contributed by atoms with Crippen molar-refractivity contribution in [3.8, 4) is 0 Å². The van der Waals surface area contributed by atoms with E-state index in [0.717, 1.165) is 55.9 Å². The lowest BCUT2D eigenvalue weighted by Gasteiger charge is -2.26. The molecule has 1 amide bonds. The van der Waals surface area contributed by atoms with Crippen LogP contribution in [0.5, 0.6) is 0 Å². The van der Waals surface area contributed by atoms with Crippen molar-refractivity contribution in [2.24, 2.45) is 17.8 Å². The molecule has 3 fully saturated rings. The Morgan fingerprint density at radius 3 is 2.76 bits per heavy atom. The van der Waals surface area contributed by atoms with Crippen LogP contribution in [0.3, 0.4) is 0 Å². The van der Waals surface area contributed by atoms with E-state index in [1.54, 1.807) is 12.4 Å². The van der Waals surface area contributed by atoms with E-state index in [2.05, 4.69) is 27.5 Å². The standard InChI is InChI=1S/C19H29N5O/c1-12-8-14(12)15-9-16(15)23-18-11-21-17(10-22-18)19(25)24(2)13-4-3-6-20-7-5-13/h10-16,20H,3-9H2,1-2H3,(H,22,23)/t12-,13?,14-,15+,16-/m1/s1. The number of anilines is 1. The molecule has 2 saturated carbocycles. The maximum Gasteiger partial charge on any atom is 0.274 e. The molecule has 136 valence electrons. The Bertz CT molecular complexity index is 611. The lowest BCUT2D eigenvalue weighted by atomic mass is 10.1. The molecule has 2 N–H and O–H groups in total. The first-order chi connectivity index (χ1) is 12.1. The third-order valence-corrected chi connectivity index (χ3v) is 6.18. The Morgan fingerprint density at radius 1 is 1.20 bits per heavy atom. The highest BCUT2D eigenvalue weighted by atomic mass is 16.2. The minimum absolute atomic E-state index is 0.0259. The molecule has 1 saturated heterocycles. The fourth-order valence-corrected chi connectivity index (χ4v) is 4.24. The third kappa shape index (κ3) is 3.78. The number of hydrogen-bond acceptors (Lipinski definition) is 5. The molecule has 2 heterocycles. The van der Waals surface area contributed by atoms with Gasteiger partial charge in [-0.05, 0) is 62.9 Å². The molecule has 2 aliphatic carbocycles. The van der Waals surface area contributed by atoms with E-state index < -0.39 is 0 Å². The normalized spacial score (nSPS) is 34.1. The first-order valence-electron chi connectivity index (χ1n) is 9.70. The number of carbonyl (C=O) groups is 1. The summed E-state index contributed by atoms with van der Waals surface area (Å²) in [4.78, 5) is 23.3. The highest BCUT2D eigenvalue weighted by Crippen LogP contribution is 2.54. The van der Waals surface area contributed by atoms with Gasteiger partial charge in [0.25, 0.3) is 5.91 Å². The van der Waals surface area contributed by atoms with Gasteiger partial charge in [0.1, 0.15) is 11.5 Å². The molecular weight excluding hydrogens is 314 g/mol. The van der Waals surface area contributed by atoms with Crippen molar-refractivity contribution in [1.29, 1.82) is 0 Å². The van der Waals surface area contributed by atoms with Gasteiger partial charge in [-0.25, -0.2) is 9.97 Å². The van der Waals surface area contributed by atoms with E-state index in [1.165, 1.54) is 12.8 Å². The molecule has 6 nitrogen and oxygen atoms in total. The molecular formula is C19H29N5O. The molecule has 1 unspecified atom stereocenters. The summed E-state index contributed by atoms with van der Waals surface area (Å²) in [5, 5.41) is 6.85. The lowest BCUT2D eigenvalue weighted by Crippen LogP contribution is -2.38. The number of amides is 1. The van der Waals surface area contributed by atoms with Crippen molar-refractivity contribution in [1.82, 2.24) is 20.2 Å². The second-order valence-electron chi connectivity index (χ2n) is 8.06. The van der Waals surface area contributed by atoms with Crippen LogP contribution >= 0.6 is 0 Å². The third-order valence-electron chi connectivity index (χ3n) is 6.18. The molecule has 1 aromatic heterocycles. The van der Waals surface area contributed by atoms with Gasteiger partial charge < -0.3 is 15.5 Å². The summed E-state index contributed by atoms with van der Waals surface area (Å²) >= 11 is 0. The molecule has 5 atom stereocenters. The predicted octanol–water partition coefficient (Wildman–Crippen LogP) is 2.15. The SMILES string of the molecule is C[C@@H]1C[C@H]1[C@@H]1C[C@H]1Nc1cnc(C(=O)N(C)C2CCCNCC2)cn1. The number of carbonyl (C=O) groups excluding carboxylic acids is 1. The van der Waals surface area contributed by atoms with Crippen molar-refractivity contribution in [2.45, 2.75) is 51.1 Å². The second-order valence-corrected chi connectivity index (χ2v) is 8.06. The van der Waals surface area contributed by atoms with Gasteiger partial charge >= 0.3 is 0 Å². The summed E-state index contributed by atoms with van der Waals surface area (Å²) in [7, 11) is 1.89. The van der Waals surface area contributed by atoms with Gasteiger partial charge in [0, 0.05) is 19.1 Å². The van der Waals surface area contributed by atoms with Gasteiger partial charge in [-0.1, -0.05) is 6.92 Å². The van der Waals surface area contributed by atoms with E-state index in [4.69, 9.17) is 0 Å². The van der Waals surface area contributed by atoms with E-state index in [-0.39, 0.29) is 11.9 Å². The molecule has 6 heteroatoms. The van der Waals surface area contributed by atoms with Crippen LogP contribution in [0.2, 0.25) is 0 Å². The number of aromatic nitrogens is 2. The summed E-state index contributed by atoms with van der Waals surface area (Å²) in [6.07, 6.45) is 9.11. The van der Waals surface area contributed by atoms with Gasteiger partial charge in [-0.2, -0.15) is 0 Å². The topological polar surface area (TPSA) is 70.2 Å². The predicted molar refractivity (Wildman–Crippen MR) is 97.4 cm³/mol. The molecule has 3 aliphatic rings. The van der Waals surface area contributed by atoms with Gasteiger partial charge in [-0.15, -0.1) is 0 Å². The summed E-state index contributed by atoms with van der Waals surface area (Å²) in [6, 6.07) is 0.835. The van der Waals surface area contributed by atoms with E-state index in [1.807, 2.05) is 11.9 Å². The Hall–Kier alpha value is -1.69. The Morgan fingerprint density at radius 2 is 2.04 bits per heavy atom. The van der Waals surface area contributed by atoms with Gasteiger partial charge in [0.2, 0.25) is 0 Å². The zero-order valence-corrected chi connectivity index (χ0v) is 15.2. The summed E-state index contributed by atoms with van der Waals surface area (Å²) in [5.41, 5.74) is 0.438. The number of hydrogen-bond donors (Lipinski definition) is 2. The molecule has 1 aromatic rings. The van der Waals surface area contributed by atoms with E-state index in [9.17, 15) is 4.79 Å². The molecule has 0 bridgehead atoms. The first kappa shape index (κ1) is 16.8. The molecule has 0 spiro atoms. The van der Waals surface area contributed by atoms with Gasteiger partial charge in [-0.3, -0.25) is 4.79 Å². The number of rotatable bonds is 5. The highest BCUT2D eigenvalue weighted by Gasteiger charge is 2.51. The monoisotopic (exact) mass is 343 g/mol. The Kier molecular flexibility index (Phi) is 4.63. The molecule has 4 rings (SSSR count). The van der Waals surface area contributed by atoms with Gasteiger partial charge in [0.05, 0.1) is 12.4 Å². The van der Waals surface area contributed by atoms with Crippen molar-refractivity contribution < 1.29 is 4.79 Å². The quantitative estimate of drug-likeness (QED) is 0.857. The average molecular weight is 343 g/mol. The molecule has 25 heavy (non-hydrogen) atoms. The Balaban J connectivity index is 1.32. The van der Waals surface area contributed by atoms with E-state index >= 15 is 0 Å². The molecule has 0 radical (unpaired) electrons. The molecule has 0 aromatic carbocycles. The second kappa shape index (κ2) is 6.90. The van der Waals surface area contributed by atoms with Crippen molar-refractivity contribution in [2.75, 3.05) is 25.5 Å². The summed E-state index contributed by atoms with van der Waals surface area (Å²) < 4.78 is 0. The van der Waals surface area contributed by atoms with Crippen molar-refractivity contribution in [3.63, 3.8) is 0 Å². The summed E-state index contributed by atoms with van der Waals surface area (Å²) in [5.74, 6) is 3.39. The molecule has 1 aliphatic heterocycles. The summed E-state index contributed by atoms with van der Waals surface area (Å²) in [6.45, 7) is 4.35. The fourth-order valence-electron chi connectivity index (χ4n) is 4.24. The zero-order valence-electron chi connectivity index (χ0n) is 15.2. The van der Waals surface area contributed by atoms with Crippen LogP contribution in [0.15, 0.2) is 12.4 Å². The van der Waals surface area contributed by atoms with Crippen LogP contribution in [0.25, 0.3) is 0 Å². The zero-order chi connectivity index (χ0) is 17.4. The number of nitrogens with zero attached hydrogens (tertiary/aromatic N) is 3. The van der Waals surface area contributed by atoms with Crippen LogP contribution in [0, 0.1) is 17.8 Å². The van der Waals surface area contributed by atoms with Crippen molar-refractivity contribution in [3.05, 3.63) is 18.1 Å². The maximum absolute atomic E-state index is 12.7. The Labute approximate surface area is 149 Å². The van der Waals surface area contributed by atoms with Crippen LogP contribution in [-0.4, -0.2) is 53.0 Å². The van der Waals surface area contributed by atoms with Crippen molar-refractivity contribution >= 4 is 11.7 Å². The highest BCUT2D eigenvalue weighted by molar-refractivity contribution is 5.92. The largest absolute Gasteiger partial charge is 0.366 e. The lowest BCUT2D eigenvalue weighted by molar-refractivity contribution is 0.0714. The van der Waals surface area contributed by atoms with Crippen LogP contribution < -0.4 is 10.6 Å². The maximum atomic E-state index is 12.7. The van der Waals surface area contributed by atoms with E-state index in [0.29, 0.717) is 11.7 Å². The van der Waals surface area contributed by atoms with Crippen LogP contribution in [0.1, 0.15) is 49.5 Å². The number of nitrogens with one attached hydrogen (secondary N) is 2. The first-order valence-corrected chi connectivity index (χ1v) is 9.70. The average Bonchev–Trinajstić information content (AvgIpc) is 3.51. The smallest absolute Gasteiger partial charge is 0.274 e. The van der Waals surface area contributed by atoms with Gasteiger partial charge in [0.15, 0.2) is 0 Å².